The molecule has 152 valence electrons. The Morgan fingerprint density at radius 2 is 1.71 bits per heavy atom. The molecule has 2 rings (SSSR count). The van der Waals surface area contributed by atoms with Crippen LogP contribution in [0.4, 0.5) is 0 Å². The van der Waals surface area contributed by atoms with E-state index in [1.54, 1.807) is 12.1 Å². The van der Waals surface area contributed by atoms with Crippen molar-refractivity contribution in [3.05, 3.63) is 35.4 Å². The van der Waals surface area contributed by atoms with Gasteiger partial charge < -0.3 is 10.1 Å². The van der Waals surface area contributed by atoms with E-state index in [9.17, 15) is 27.6 Å². The van der Waals surface area contributed by atoms with Crippen molar-refractivity contribution in [1.82, 2.24) is 10.2 Å². The molecule has 0 radical (unpaired) electrons. The lowest BCUT2D eigenvalue weighted by atomic mass is 10.1. The Hall–Kier alpha value is -2.75. The van der Waals surface area contributed by atoms with Gasteiger partial charge in [0.1, 0.15) is 15.9 Å². The van der Waals surface area contributed by atoms with Crippen LogP contribution in [0, 0.1) is 0 Å². The minimum atomic E-state index is -3.46. The third-order valence-electron chi connectivity index (χ3n) is 4.09. The van der Waals surface area contributed by atoms with Crippen molar-refractivity contribution < 1.29 is 32.3 Å². The molecule has 1 atom stereocenters. The second-order valence-corrected chi connectivity index (χ2v) is 8.68. The molecule has 10 heteroatoms. The van der Waals surface area contributed by atoms with Crippen LogP contribution >= 0.6 is 0 Å². The normalized spacial score (nSPS) is 14.6. The predicted octanol–water partition coefficient (Wildman–Crippen LogP) is 0.155. The number of benzene rings is 1. The van der Waals surface area contributed by atoms with Crippen LogP contribution in [0.25, 0.3) is 0 Å². The first-order valence-corrected chi connectivity index (χ1v) is 10.8. The van der Waals surface area contributed by atoms with Crippen LogP contribution in [0.5, 0.6) is 0 Å². The molecule has 0 spiro atoms. The highest BCUT2D eigenvalue weighted by atomic mass is 32.2. The summed E-state index contributed by atoms with van der Waals surface area (Å²) in [5.74, 6) is -3.37. The van der Waals surface area contributed by atoms with Crippen molar-refractivity contribution in [2.75, 3.05) is 25.2 Å². The van der Waals surface area contributed by atoms with Crippen LogP contribution in [-0.2, 0) is 24.2 Å². The molecule has 0 fully saturated rings. The molecule has 1 aromatic carbocycles. The molecular formula is C18H22N2O7S. The molecule has 0 aromatic heterocycles. The largest absolute Gasteiger partial charge is 0.454 e. The number of sulfone groups is 1. The van der Waals surface area contributed by atoms with E-state index >= 15 is 0 Å². The number of nitrogens with one attached hydrogen (secondary N) is 1. The number of hydrogen-bond acceptors (Lipinski definition) is 7. The van der Waals surface area contributed by atoms with Gasteiger partial charge in [-0.25, -0.2) is 13.2 Å². The highest BCUT2D eigenvalue weighted by Crippen LogP contribution is 2.26. The van der Waals surface area contributed by atoms with Gasteiger partial charge in [-0.3, -0.25) is 19.3 Å². The van der Waals surface area contributed by atoms with Crippen LogP contribution in [-0.4, -0.2) is 68.2 Å². The first-order chi connectivity index (χ1) is 13.2. The lowest BCUT2D eigenvalue weighted by Crippen LogP contribution is -2.47. The minimum Gasteiger partial charge on any atom is -0.454 e. The summed E-state index contributed by atoms with van der Waals surface area (Å²) in [4.78, 5) is 50.1. The zero-order valence-corrected chi connectivity index (χ0v) is 16.5. The summed E-state index contributed by atoms with van der Waals surface area (Å²) in [6.45, 7) is 1.68. The maximum Gasteiger partial charge on any atom is 0.329 e. The molecule has 1 N–H and O–H groups in total. The average Bonchev–Trinajstić information content (AvgIpc) is 2.89. The van der Waals surface area contributed by atoms with E-state index in [4.69, 9.17) is 4.74 Å². The maximum absolute atomic E-state index is 12.6. The molecule has 1 aliphatic rings. The number of imide groups is 1. The Bertz CT molecular complexity index is 860. The van der Waals surface area contributed by atoms with Crippen molar-refractivity contribution >= 4 is 33.5 Å². The lowest BCUT2D eigenvalue weighted by molar-refractivity contribution is -0.152. The monoisotopic (exact) mass is 410 g/mol. The van der Waals surface area contributed by atoms with E-state index in [0.29, 0.717) is 17.9 Å². The summed E-state index contributed by atoms with van der Waals surface area (Å²) in [5.41, 5.74) is 0.260. The molecule has 0 bridgehead atoms. The van der Waals surface area contributed by atoms with Gasteiger partial charge in [0.15, 0.2) is 6.61 Å². The number of hydrogen-bond donors (Lipinski definition) is 1. The van der Waals surface area contributed by atoms with Gasteiger partial charge in [0, 0.05) is 12.8 Å². The van der Waals surface area contributed by atoms with E-state index in [1.165, 1.54) is 12.1 Å². The zero-order valence-electron chi connectivity index (χ0n) is 15.6. The molecular weight excluding hydrogens is 388 g/mol. The van der Waals surface area contributed by atoms with Crippen molar-refractivity contribution in [1.29, 1.82) is 0 Å². The second kappa shape index (κ2) is 8.96. The smallest absolute Gasteiger partial charge is 0.329 e. The summed E-state index contributed by atoms with van der Waals surface area (Å²) in [6.07, 6.45) is 1.36. The standard InChI is InChI=1S/C18H22N2O7S/c1-3-9-19-15(21)11-27-18(24)14(8-10-28(2,25)26)20-16(22)12-6-4-5-7-13(12)17(20)23/h4-7,14H,3,8-11H2,1-2H3,(H,19,21)/t14-/m1/s1. The molecule has 9 nitrogen and oxygen atoms in total. The zero-order chi connectivity index (χ0) is 20.9. The maximum atomic E-state index is 12.6. The minimum absolute atomic E-state index is 0.130. The molecule has 1 aromatic rings. The van der Waals surface area contributed by atoms with Crippen LogP contribution in [0.15, 0.2) is 24.3 Å². The van der Waals surface area contributed by atoms with Crippen molar-refractivity contribution in [2.24, 2.45) is 0 Å². The number of nitrogens with zero attached hydrogens (tertiary/aromatic N) is 1. The van der Waals surface area contributed by atoms with E-state index in [-0.39, 0.29) is 17.5 Å². The Balaban J connectivity index is 2.20. The van der Waals surface area contributed by atoms with Crippen LogP contribution in [0.3, 0.4) is 0 Å². The van der Waals surface area contributed by atoms with Gasteiger partial charge in [-0.15, -0.1) is 0 Å². The van der Waals surface area contributed by atoms with E-state index < -0.39 is 51.9 Å². The van der Waals surface area contributed by atoms with E-state index in [1.807, 2.05) is 6.92 Å². The van der Waals surface area contributed by atoms with E-state index in [0.717, 1.165) is 6.26 Å². The van der Waals surface area contributed by atoms with Gasteiger partial charge in [-0.2, -0.15) is 0 Å². The van der Waals surface area contributed by atoms with Gasteiger partial charge in [0.05, 0.1) is 16.9 Å². The van der Waals surface area contributed by atoms with Gasteiger partial charge >= 0.3 is 5.97 Å². The average molecular weight is 410 g/mol. The second-order valence-electron chi connectivity index (χ2n) is 6.42. The lowest BCUT2D eigenvalue weighted by Gasteiger charge is -2.24. The molecule has 0 aliphatic carbocycles. The first-order valence-electron chi connectivity index (χ1n) is 8.73. The number of fused-ring (bicyclic) bond motifs is 1. The summed E-state index contributed by atoms with van der Waals surface area (Å²) >= 11 is 0. The summed E-state index contributed by atoms with van der Waals surface area (Å²) < 4.78 is 28.0. The number of carbonyl (C=O) groups excluding carboxylic acids is 4. The molecule has 28 heavy (non-hydrogen) atoms. The van der Waals surface area contributed by atoms with Gasteiger partial charge in [0.25, 0.3) is 17.7 Å². The number of carbonyl (C=O) groups is 4. The first kappa shape index (κ1) is 21.5. The SMILES string of the molecule is CCCNC(=O)COC(=O)[C@@H](CCS(C)(=O)=O)N1C(=O)c2ccccc2C1=O. The summed E-state index contributed by atoms with van der Waals surface area (Å²) in [5, 5.41) is 2.52. The van der Waals surface area contributed by atoms with E-state index in [2.05, 4.69) is 5.32 Å². The predicted molar refractivity (Wildman–Crippen MR) is 99.3 cm³/mol. The Kier molecular flexibility index (Phi) is 6.90. The molecule has 0 saturated heterocycles. The Morgan fingerprint density at radius 1 is 1.14 bits per heavy atom. The fraction of sp³-hybridized carbons (Fsp3) is 0.444. The molecule has 0 unspecified atom stereocenters. The highest BCUT2D eigenvalue weighted by molar-refractivity contribution is 7.90. The van der Waals surface area contributed by atoms with Crippen molar-refractivity contribution in [3.63, 3.8) is 0 Å². The van der Waals surface area contributed by atoms with Crippen LogP contribution in [0.1, 0.15) is 40.5 Å². The third kappa shape index (κ3) is 5.16. The fourth-order valence-corrected chi connectivity index (χ4v) is 3.37. The quantitative estimate of drug-likeness (QED) is 0.454. The summed E-state index contributed by atoms with van der Waals surface area (Å²) in [7, 11) is -3.46. The van der Waals surface area contributed by atoms with Crippen molar-refractivity contribution in [2.45, 2.75) is 25.8 Å². The Labute approximate surface area is 162 Å². The van der Waals surface area contributed by atoms with Gasteiger partial charge in [-0.1, -0.05) is 19.1 Å². The number of amides is 3. The molecule has 1 aliphatic heterocycles. The van der Waals surface area contributed by atoms with Gasteiger partial charge in [0.2, 0.25) is 0 Å². The van der Waals surface area contributed by atoms with Crippen molar-refractivity contribution in [3.8, 4) is 0 Å². The number of esters is 1. The summed E-state index contributed by atoms with van der Waals surface area (Å²) in [6, 6.07) is 4.62. The van der Waals surface area contributed by atoms with Crippen LogP contribution < -0.4 is 5.32 Å². The fourth-order valence-electron chi connectivity index (χ4n) is 2.72. The van der Waals surface area contributed by atoms with Crippen LogP contribution in [0.2, 0.25) is 0 Å². The highest BCUT2D eigenvalue weighted by Gasteiger charge is 2.43. The third-order valence-corrected chi connectivity index (χ3v) is 5.07. The topological polar surface area (TPSA) is 127 Å². The molecule has 1 heterocycles. The number of ether oxygens (including phenoxy) is 1. The molecule has 3 amide bonds. The number of rotatable bonds is 9. The molecule has 0 saturated carbocycles. The van der Waals surface area contributed by atoms with Gasteiger partial charge in [-0.05, 0) is 25.0 Å². The Morgan fingerprint density at radius 3 is 2.21 bits per heavy atom.